The zero-order valence-electron chi connectivity index (χ0n) is 22.8. The van der Waals surface area contributed by atoms with E-state index in [-0.39, 0.29) is 5.75 Å². The monoisotopic (exact) mass is 554 g/mol. The maximum absolute atomic E-state index is 11.7. The number of fused-ring (bicyclic) bond motifs is 2. The summed E-state index contributed by atoms with van der Waals surface area (Å²) < 4.78 is 39.1. The fraction of sp³-hybridized carbons (Fsp3) is 0.538. The summed E-state index contributed by atoms with van der Waals surface area (Å²) in [5.41, 5.74) is 2.62. The van der Waals surface area contributed by atoms with Crippen molar-refractivity contribution in [3.63, 3.8) is 0 Å². The van der Waals surface area contributed by atoms with Crippen molar-refractivity contribution in [2.24, 2.45) is 7.05 Å². The molecule has 0 unspecified atom stereocenters. The fourth-order valence-electron chi connectivity index (χ4n) is 5.57. The van der Waals surface area contributed by atoms with Crippen molar-refractivity contribution in [2.45, 2.75) is 18.9 Å². The first-order valence-corrected chi connectivity index (χ1v) is 15.3. The number of ether oxygens (including phenoxy) is 2. The predicted molar refractivity (Wildman–Crippen MR) is 148 cm³/mol. The van der Waals surface area contributed by atoms with Crippen LogP contribution in [0.4, 0.5) is 5.82 Å². The SMILES string of the molecule is CCc1nc2ccccc2n1-c1nc(N2CCOCC2)c2nc(C3(OC)CN(CCS(C)(=O)=O)C3)n(C)c2n1. The van der Waals surface area contributed by atoms with Crippen molar-refractivity contribution >= 4 is 37.9 Å². The maximum atomic E-state index is 11.7. The molecule has 2 fully saturated rings. The van der Waals surface area contributed by atoms with Crippen molar-refractivity contribution in [3.05, 3.63) is 35.9 Å². The predicted octanol–water partition coefficient (Wildman–Crippen LogP) is 1.30. The lowest BCUT2D eigenvalue weighted by atomic mass is 9.93. The van der Waals surface area contributed by atoms with Crippen LogP contribution in [-0.2, 0) is 38.4 Å². The summed E-state index contributed by atoms with van der Waals surface area (Å²) in [4.78, 5) is 24.3. The van der Waals surface area contributed by atoms with Gasteiger partial charge in [0.15, 0.2) is 22.6 Å². The summed E-state index contributed by atoms with van der Waals surface area (Å²) in [5.74, 6) is 3.07. The van der Waals surface area contributed by atoms with Crippen LogP contribution in [0.1, 0.15) is 18.6 Å². The van der Waals surface area contributed by atoms with E-state index in [9.17, 15) is 8.42 Å². The minimum absolute atomic E-state index is 0.115. The molecule has 0 amide bonds. The van der Waals surface area contributed by atoms with Crippen LogP contribution in [0.5, 0.6) is 0 Å². The summed E-state index contributed by atoms with van der Waals surface area (Å²) in [6.07, 6.45) is 1.99. The molecule has 2 aliphatic rings. The molecular formula is C26H34N8O4S. The second-order valence-corrected chi connectivity index (χ2v) is 12.6. The first-order valence-electron chi connectivity index (χ1n) is 13.2. The van der Waals surface area contributed by atoms with Crippen LogP contribution >= 0.6 is 0 Å². The number of sulfone groups is 1. The summed E-state index contributed by atoms with van der Waals surface area (Å²) in [6.45, 7) is 6.29. The number of hydrogen-bond acceptors (Lipinski definition) is 10. The molecule has 0 spiro atoms. The Bertz CT molecular complexity index is 1630. The molecule has 0 aliphatic carbocycles. The van der Waals surface area contributed by atoms with E-state index in [4.69, 9.17) is 29.4 Å². The van der Waals surface area contributed by atoms with E-state index in [2.05, 4.69) is 16.7 Å². The number of nitrogens with zero attached hydrogens (tertiary/aromatic N) is 8. The fourth-order valence-corrected chi connectivity index (χ4v) is 6.16. The number of morpholine rings is 1. The van der Waals surface area contributed by atoms with E-state index in [1.807, 2.05) is 40.4 Å². The standard InChI is InChI=1S/C26H34N8O4S/c1-5-20-27-18-8-6-7-9-19(18)34(20)25-29-22-21(23(30-25)33-10-13-38-14-11-33)28-24(31(22)2)26(37-3)16-32(17-26)12-15-39(4,35)36/h6-9H,5,10-17H2,1-4H3. The van der Waals surface area contributed by atoms with Gasteiger partial charge in [-0.05, 0) is 12.1 Å². The van der Waals surface area contributed by atoms with Gasteiger partial charge in [-0.2, -0.15) is 9.97 Å². The molecule has 12 nitrogen and oxygen atoms in total. The Morgan fingerprint density at radius 1 is 1.08 bits per heavy atom. The van der Waals surface area contributed by atoms with Gasteiger partial charge in [0, 0.05) is 59.6 Å². The molecule has 1 aromatic carbocycles. The van der Waals surface area contributed by atoms with Crippen LogP contribution in [0, 0.1) is 0 Å². The Balaban J connectivity index is 1.48. The minimum Gasteiger partial charge on any atom is -0.378 e. The van der Waals surface area contributed by atoms with Gasteiger partial charge in [-0.25, -0.2) is 18.4 Å². The number of imidazole rings is 2. The summed E-state index contributed by atoms with van der Waals surface area (Å²) in [6, 6.07) is 8.02. The lowest BCUT2D eigenvalue weighted by Gasteiger charge is -2.48. The zero-order chi connectivity index (χ0) is 27.4. The molecule has 0 radical (unpaired) electrons. The molecule has 208 valence electrons. The Hall–Kier alpha value is -3.13. The van der Waals surface area contributed by atoms with Crippen LogP contribution in [0.2, 0.25) is 0 Å². The van der Waals surface area contributed by atoms with Gasteiger partial charge in [0.1, 0.15) is 21.5 Å². The summed E-state index contributed by atoms with van der Waals surface area (Å²) in [7, 11) is 0.591. The molecular weight excluding hydrogens is 520 g/mol. The quantitative estimate of drug-likeness (QED) is 0.315. The van der Waals surface area contributed by atoms with E-state index >= 15 is 0 Å². The van der Waals surface area contributed by atoms with Crippen molar-refractivity contribution in [1.82, 2.24) is 34.0 Å². The highest BCUT2D eigenvalue weighted by Gasteiger charge is 2.48. The van der Waals surface area contributed by atoms with Gasteiger partial charge in [0.05, 0.1) is 30.0 Å². The lowest BCUT2D eigenvalue weighted by Crippen LogP contribution is -2.62. The number of aryl methyl sites for hydroxylation is 2. The number of rotatable bonds is 8. The van der Waals surface area contributed by atoms with E-state index < -0.39 is 15.4 Å². The zero-order valence-corrected chi connectivity index (χ0v) is 23.6. The first kappa shape index (κ1) is 26.1. The highest BCUT2D eigenvalue weighted by atomic mass is 32.2. The number of benzene rings is 1. The average molecular weight is 555 g/mol. The Morgan fingerprint density at radius 3 is 2.51 bits per heavy atom. The van der Waals surface area contributed by atoms with Gasteiger partial charge in [-0.15, -0.1) is 0 Å². The second kappa shape index (κ2) is 9.81. The molecule has 3 aromatic heterocycles. The van der Waals surface area contributed by atoms with E-state index in [0.29, 0.717) is 63.0 Å². The number of para-hydroxylation sites is 2. The maximum Gasteiger partial charge on any atom is 0.239 e. The van der Waals surface area contributed by atoms with Crippen LogP contribution in [0.3, 0.4) is 0 Å². The van der Waals surface area contributed by atoms with E-state index in [0.717, 1.165) is 34.9 Å². The highest BCUT2D eigenvalue weighted by molar-refractivity contribution is 7.90. The van der Waals surface area contributed by atoms with Crippen LogP contribution in [-0.4, -0.2) is 107 Å². The molecule has 4 aromatic rings. The molecule has 0 N–H and O–H groups in total. The van der Waals surface area contributed by atoms with Gasteiger partial charge in [-0.1, -0.05) is 19.1 Å². The first-order chi connectivity index (χ1) is 18.7. The lowest BCUT2D eigenvalue weighted by molar-refractivity contribution is -0.135. The molecule has 6 rings (SSSR count). The van der Waals surface area contributed by atoms with Crippen LogP contribution in [0.25, 0.3) is 28.1 Å². The number of methoxy groups -OCH3 is 1. The molecule has 2 aliphatic heterocycles. The Kier molecular flexibility index (Phi) is 6.57. The largest absolute Gasteiger partial charge is 0.378 e. The Morgan fingerprint density at radius 2 is 1.82 bits per heavy atom. The average Bonchev–Trinajstić information content (AvgIpc) is 3.45. The molecule has 0 saturated carbocycles. The summed E-state index contributed by atoms with van der Waals surface area (Å²) in [5, 5.41) is 0. The number of likely N-dealkylation sites (tertiary alicyclic amines) is 1. The van der Waals surface area contributed by atoms with Crippen molar-refractivity contribution < 1.29 is 17.9 Å². The van der Waals surface area contributed by atoms with Gasteiger partial charge in [0.25, 0.3) is 0 Å². The van der Waals surface area contributed by atoms with Crippen molar-refractivity contribution in [1.29, 1.82) is 0 Å². The molecule has 0 bridgehead atoms. The molecule has 0 atom stereocenters. The number of aromatic nitrogens is 6. The van der Waals surface area contributed by atoms with E-state index in [1.54, 1.807) is 7.11 Å². The molecule has 5 heterocycles. The highest BCUT2D eigenvalue weighted by Crippen LogP contribution is 2.37. The third-order valence-corrected chi connectivity index (χ3v) is 8.60. The van der Waals surface area contributed by atoms with Crippen LogP contribution in [0.15, 0.2) is 24.3 Å². The normalized spacial score (nSPS) is 18.2. The van der Waals surface area contributed by atoms with Crippen LogP contribution < -0.4 is 4.90 Å². The van der Waals surface area contributed by atoms with Gasteiger partial charge < -0.3 is 18.9 Å². The topological polar surface area (TPSA) is 121 Å². The van der Waals surface area contributed by atoms with Crippen molar-refractivity contribution in [2.75, 3.05) is 70.0 Å². The smallest absolute Gasteiger partial charge is 0.239 e. The third-order valence-electron chi connectivity index (χ3n) is 7.68. The minimum atomic E-state index is -3.04. The number of hydrogen-bond donors (Lipinski definition) is 0. The third kappa shape index (κ3) is 4.56. The Labute approximate surface area is 227 Å². The number of anilines is 1. The molecule has 13 heteroatoms. The van der Waals surface area contributed by atoms with Gasteiger partial charge in [-0.3, -0.25) is 9.47 Å². The van der Waals surface area contributed by atoms with E-state index in [1.165, 1.54) is 6.26 Å². The van der Waals surface area contributed by atoms with Gasteiger partial charge in [0.2, 0.25) is 5.95 Å². The second-order valence-electron chi connectivity index (χ2n) is 10.4. The summed E-state index contributed by atoms with van der Waals surface area (Å²) >= 11 is 0. The van der Waals surface area contributed by atoms with Gasteiger partial charge >= 0.3 is 0 Å². The molecule has 39 heavy (non-hydrogen) atoms. The molecule has 2 saturated heterocycles. The van der Waals surface area contributed by atoms with Crippen molar-refractivity contribution in [3.8, 4) is 5.95 Å².